The van der Waals surface area contributed by atoms with E-state index in [4.69, 9.17) is 0 Å². The minimum atomic E-state index is -0.717. The molecule has 1 nitrogen and oxygen atoms in total. The van der Waals surface area contributed by atoms with Crippen LogP contribution in [0.2, 0.25) is 0 Å². The summed E-state index contributed by atoms with van der Waals surface area (Å²) in [6.45, 7) is 6.74. The second-order valence-electron chi connectivity index (χ2n) is 2.59. The van der Waals surface area contributed by atoms with Crippen LogP contribution < -0.4 is 5.09 Å². The summed E-state index contributed by atoms with van der Waals surface area (Å²) in [7, 11) is 0. The first-order valence-electron chi connectivity index (χ1n) is 2.33. The summed E-state index contributed by atoms with van der Waals surface area (Å²) in [6.07, 6.45) is 0. The second kappa shape index (κ2) is 1.25. The van der Waals surface area contributed by atoms with Gasteiger partial charge in [0.05, 0.1) is 0 Å². The van der Waals surface area contributed by atoms with Crippen molar-refractivity contribution in [2.45, 2.75) is 19.1 Å². The van der Waals surface area contributed by atoms with Gasteiger partial charge in [-0.05, 0) is 0 Å². The van der Waals surface area contributed by atoms with E-state index < -0.39 is 5.66 Å². The standard InChI is InChI=1S/C4H10NPSe/c1-4(2)5-6(4,3)7/h1-3H3,(H,5,7). The van der Waals surface area contributed by atoms with Crippen molar-refractivity contribution in [3.05, 3.63) is 0 Å². The quantitative estimate of drug-likeness (QED) is 0.336. The molecule has 1 atom stereocenters. The molecule has 1 rings (SSSR count). The van der Waals surface area contributed by atoms with Crippen molar-refractivity contribution >= 4 is 20.8 Å². The molecular formula is C4H10NPSe. The molecule has 1 heterocycles. The molecule has 1 N–H and O–H groups in total. The third-order valence-corrected chi connectivity index (χ3v) is 7.96. The minimum absolute atomic E-state index is 0.451. The second-order valence-corrected chi connectivity index (χ2v) is 10.4. The summed E-state index contributed by atoms with van der Waals surface area (Å²) >= 11 is 3.18. The van der Waals surface area contributed by atoms with Gasteiger partial charge in [0.15, 0.2) is 0 Å². The van der Waals surface area contributed by atoms with Crippen molar-refractivity contribution in [1.82, 2.24) is 5.09 Å². The van der Waals surface area contributed by atoms with Crippen molar-refractivity contribution in [3.63, 3.8) is 0 Å². The Morgan fingerprint density at radius 3 is 1.71 bits per heavy atom. The summed E-state index contributed by atoms with van der Waals surface area (Å²) in [5.74, 6) is 0. The van der Waals surface area contributed by atoms with Gasteiger partial charge in [0, 0.05) is 0 Å². The van der Waals surface area contributed by atoms with E-state index in [1.165, 1.54) is 0 Å². The van der Waals surface area contributed by atoms with Gasteiger partial charge in [-0.2, -0.15) is 0 Å². The SMILES string of the molecule is CC1(C)NP1(C)=[Se]. The maximum atomic E-state index is 3.40. The number of rotatable bonds is 0. The normalized spacial score (nSPS) is 46.1. The molecule has 7 heavy (non-hydrogen) atoms. The summed E-state index contributed by atoms with van der Waals surface area (Å²) < 4.78 is 0. The predicted molar refractivity (Wildman–Crippen MR) is 35.8 cm³/mol. The van der Waals surface area contributed by atoms with Gasteiger partial charge in [-0.15, -0.1) is 0 Å². The molecule has 0 bridgehead atoms. The molecule has 1 saturated heterocycles. The Morgan fingerprint density at radius 1 is 1.57 bits per heavy atom. The average Bonchev–Trinajstić information content (AvgIpc) is 1.63. The van der Waals surface area contributed by atoms with Crippen LogP contribution in [0.15, 0.2) is 0 Å². The fourth-order valence-corrected chi connectivity index (χ4v) is 3.83. The van der Waals surface area contributed by atoms with E-state index in [-0.39, 0.29) is 0 Å². The van der Waals surface area contributed by atoms with Crippen molar-refractivity contribution in [2.75, 3.05) is 6.66 Å². The van der Waals surface area contributed by atoms with Crippen molar-refractivity contribution < 1.29 is 0 Å². The molecule has 0 radical (unpaired) electrons. The molecule has 42 valence electrons. The van der Waals surface area contributed by atoms with E-state index in [9.17, 15) is 0 Å². The van der Waals surface area contributed by atoms with E-state index >= 15 is 0 Å². The Kier molecular flexibility index (Phi) is 1.08. The first-order valence-corrected chi connectivity index (χ1v) is 6.78. The molecular weight excluding hydrogens is 172 g/mol. The molecule has 1 unspecified atom stereocenters. The molecule has 0 aromatic heterocycles. The number of hydrogen-bond acceptors (Lipinski definition) is 1. The molecule has 0 aromatic carbocycles. The van der Waals surface area contributed by atoms with Crippen LogP contribution in [0.5, 0.6) is 0 Å². The van der Waals surface area contributed by atoms with E-state index in [0.717, 1.165) is 0 Å². The third-order valence-electron chi connectivity index (χ3n) is 1.50. The molecule has 0 spiro atoms. The molecule has 1 aliphatic rings. The molecule has 1 fully saturated rings. The zero-order valence-electron chi connectivity index (χ0n) is 4.86. The summed E-state index contributed by atoms with van der Waals surface area (Å²) in [5, 5.41) is 3.85. The monoisotopic (exact) mass is 183 g/mol. The Balaban J connectivity index is 2.78. The fraction of sp³-hybridized carbons (Fsp3) is 1.00. The molecule has 0 aliphatic carbocycles. The third kappa shape index (κ3) is 0.861. The van der Waals surface area contributed by atoms with Crippen LogP contribution in [0.1, 0.15) is 13.8 Å². The van der Waals surface area contributed by atoms with Gasteiger partial charge < -0.3 is 0 Å². The van der Waals surface area contributed by atoms with Gasteiger partial charge in [0.2, 0.25) is 0 Å². The molecule has 0 amide bonds. The molecule has 1 aliphatic heterocycles. The Bertz CT molecular complexity index is 141. The Morgan fingerprint density at radius 2 is 1.71 bits per heavy atom. The van der Waals surface area contributed by atoms with E-state index in [0.29, 0.717) is 5.28 Å². The van der Waals surface area contributed by atoms with Gasteiger partial charge in [-0.25, -0.2) is 0 Å². The summed E-state index contributed by atoms with van der Waals surface area (Å²) in [5.41, 5.74) is -0.717. The van der Waals surface area contributed by atoms with E-state index in [2.05, 4.69) is 40.7 Å². The zero-order chi connectivity index (χ0) is 5.71. The van der Waals surface area contributed by atoms with Crippen molar-refractivity contribution in [2.24, 2.45) is 0 Å². The predicted octanol–water partition coefficient (Wildman–Crippen LogP) is 0.972. The van der Waals surface area contributed by atoms with Gasteiger partial charge in [-0.1, -0.05) is 0 Å². The molecule has 0 aromatic rings. The van der Waals surface area contributed by atoms with Crippen LogP contribution in [0, 0.1) is 0 Å². The summed E-state index contributed by atoms with van der Waals surface area (Å²) in [4.78, 5) is 0. The first-order chi connectivity index (χ1) is 2.96. The van der Waals surface area contributed by atoms with Crippen molar-refractivity contribution in [1.29, 1.82) is 0 Å². The number of nitrogens with one attached hydrogen (secondary N) is 1. The van der Waals surface area contributed by atoms with Crippen LogP contribution in [0.25, 0.3) is 0 Å². The van der Waals surface area contributed by atoms with E-state index in [1.807, 2.05) is 0 Å². The van der Waals surface area contributed by atoms with Crippen LogP contribution >= 0.6 is 5.66 Å². The average molecular weight is 182 g/mol. The Labute approximate surface area is 52.1 Å². The van der Waals surface area contributed by atoms with E-state index in [1.54, 1.807) is 0 Å². The van der Waals surface area contributed by atoms with Crippen LogP contribution in [-0.4, -0.2) is 27.0 Å². The maximum absolute atomic E-state index is 3.40. The van der Waals surface area contributed by atoms with Gasteiger partial charge in [0.25, 0.3) is 0 Å². The fourth-order valence-electron chi connectivity index (χ4n) is 0.497. The van der Waals surface area contributed by atoms with Crippen LogP contribution in [-0.2, 0) is 0 Å². The zero-order valence-corrected chi connectivity index (χ0v) is 7.46. The topological polar surface area (TPSA) is 21.9 Å². The van der Waals surface area contributed by atoms with Gasteiger partial charge >= 0.3 is 51.6 Å². The van der Waals surface area contributed by atoms with Crippen LogP contribution in [0.4, 0.5) is 0 Å². The number of hydrogen-bond donors (Lipinski definition) is 1. The van der Waals surface area contributed by atoms with Gasteiger partial charge in [-0.3, -0.25) is 0 Å². The molecule has 3 heteroatoms. The first kappa shape index (κ1) is 6.04. The summed E-state index contributed by atoms with van der Waals surface area (Å²) in [6, 6.07) is 0. The van der Waals surface area contributed by atoms with Crippen LogP contribution in [0.3, 0.4) is 0 Å². The van der Waals surface area contributed by atoms with Gasteiger partial charge in [0.1, 0.15) is 0 Å². The molecule has 0 saturated carbocycles. The Hall–Kier alpha value is 0.909. The van der Waals surface area contributed by atoms with Crippen molar-refractivity contribution in [3.8, 4) is 0 Å².